The van der Waals surface area contributed by atoms with Crippen LogP contribution in [0.25, 0.3) is 0 Å². The van der Waals surface area contributed by atoms with Gasteiger partial charge >= 0.3 is 0 Å². The average Bonchev–Trinajstić information content (AvgIpc) is 2.04. The Morgan fingerprint density at radius 2 is 2.36 bits per heavy atom. The van der Waals surface area contributed by atoms with Gasteiger partial charge in [0.2, 0.25) is 0 Å². The molecule has 1 aliphatic rings. The van der Waals surface area contributed by atoms with E-state index in [9.17, 15) is 0 Å². The van der Waals surface area contributed by atoms with Crippen molar-refractivity contribution in [2.24, 2.45) is 0 Å². The first-order chi connectivity index (χ1) is 5.36. The summed E-state index contributed by atoms with van der Waals surface area (Å²) in [7, 11) is 0. The van der Waals surface area contributed by atoms with Crippen molar-refractivity contribution in [2.75, 3.05) is 6.54 Å². The van der Waals surface area contributed by atoms with E-state index in [-0.39, 0.29) is 0 Å². The number of hydrogen-bond donors (Lipinski definition) is 1. The van der Waals surface area contributed by atoms with E-state index in [0.29, 0.717) is 0 Å². The van der Waals surface area contributed by atoms with Gasteiger partial charge in [0.1, 0.15) is 4.60 Å². The Hall–Kier alpha value is -0.410. The third kappa shape index (κ3) is 1.44. The molecule has 2 nitrogen and oxygen atoms in total. The van der Waals surface area contributed by atoms with Crippen molar-refractivity contribution in [3.05, 3.63) is 28.0 Å². The molecular formula is C8H9BrN2. The van der Waals surface area contributed by atoms with E-state index in [1.807, 2.05) is 6.20 Å². The van der Waals surface area contributed by atoms with Gasteiger partial charge in [0.15, 0.2) is 0 Å². The Kier molecular flexibility index (Phi) is 1.92. The predicted octanol–water partition coefficient (Wildman–Crippen LogP) is 1.49. The predicted molar refractivity (Wildman–Crippen MR) is 47.3 cm³/mol. The largest absolute Gasteiger partial charge is 0.312 e. The number of fused-ring (bicyclic) bond motifs is 1. The van der Waals surface area contributed by atoms with Crippen LogP contribution in [-0.2, 0) is 13.0 Å². The van der Waals surface area contributed by atoms with Crippen LogP contribution in [-0.4, -0.2) is 11.5 Å². The summed E-state index contributed by atoms with van der Waals surface area (Å²) in [6.07, 6.45) is 3.07. The molecule has 11 heavy (non-hydrogen) atoms. The van der Waals surface area contributed by atoms with Crippen molar-refractivity contribution < 1.29 is 0 Å². The molecule has 0 amide bonds. The molecule has 3 heteroatoms. The highest BCUT2D eigenvalue weighted by molar-refractivity contribution is 9.10. The third-order valence-corrected chi connectivity index (χ3v) is 2.37. The Morgan fingerprint density at radius 1 is 1.45 bits per heavy atom. The van der Waals surface area contributed by atoms with Crippen LogP contribution in [0.1, 0.15) is 11.1 Å². The van der Waals surface area contributed by atoms with E-state index < -0.39 is 0 Å². The average molecular weight is 213 g/mol. The maximum Gasteiger partial charge on any atom is 0.106 e. The highest BCUT2D eigenvalue weighted by Gasteiger charge is 2.08. The molecule has 2 rings (SSSR count). The molecular weight excluding hydrogens is 204 g/mol. The Labute approximate surface area is 74.2 Å². The molecule has 1 aromatic rings. The molecule has 0 aliphatic carbocycles. The van der Waals surface area contributed by atoms with Crippen molar-refractivity contribution in [1.82, 2.24) is 10.3 Å². The molecule has 0 fully saturated rings. The second-order valence-corrected chi connectivity index (χ2v) is 3.51. The molecule has 0 unspecified atom stereocenters. The van der Waals surface area contributed by atoms with Crippen LogP contribution in [0.15, 0.2) is 16.9 Å². The van der Waals surface area contributed by atoms with Gasteiger partial charge in [-0.05, 0) is 46.1 Å². The fraction of sp³-hybridized carbons (Fsp3) is 0.375. The van der Waals surface area contributed by atoms with Gasteiger partial charge in [-0.25, -0.2) is 4.98 Å². The number of nitrogens with one attached hydrogen (secondary N) is 1. The second-order valence-electron chi connectivity index (χ2n) is 2.70. The Balaban J connectivity index is 2.43. The number of halogens is 1. The minimum atomic E-state index is 0.931. The highest BCUT2D eigenvalue weighted by atomic mass is 79.9. The number of aromatic nitrogens is 1. The normalized spacial score (nSPS) is 16.1. The number of rotatable bonds is 0. The van der Waals surface area contributed by atoms with E-state index >= 15 is 0 Å². The van der Waals surface area contributed by atoms with Crippen LogP contribution in [0.5, 0.6) is 0 Å². The lowest BCUT2D eigenvalue weighted by Crippen LogP contribution is -2.23. The molecule has 2 heterocycles. The quantitative estimate of drug-likeness (QED) is 0.660. The lowest BCUT2D eigenvalue weighted by molar-refractivity contribution is 0.640. The molecule has 1 aromatic heterocycles. The summed E-state index contributed by atoms with van der Waals surface area (Å²) in [6.45, 7) is 2.06. The second kappa shape index (κ2) is 2.91. The van der Waals surface area contributed by atoms with E-state index in [1.54, 1.807) is 0 Å². The van der Waals surface area contributed by atoms with Gasteiger partial charge in [0.05, 0.1) is 0 Å². The SMILES string of the molecule is Brc1cc2c(cn1)CCNC2. The van der Waals surface area contributed by atoms with Crippen LogP contribution in [0.2, 0.25) is 0 Å². The first-order valence-electron chi connectivity index (χ1n) is 3.70. The summed E-state index contributed by atoms with van der Waals surface area (Å²) in [5, 5.41) is 3.32. The van der Waals surface area contributed by atoms with E-state index in [4.69, 9.17) is 0 Å². The molecule has 1 N–H and O–H groups in total. The summed E-state index contributed by atoms with van der Waals surface area (Å²) < 4.78 is 0.931. The van der Waals surface area contributed by atoms with Crippen molar-refractivity contribution >= 4 is 15.9 Å². The monoisotopic (exact) mass is 212 g/mol. The van der Waals surface area contributed by atoms with Gasteiger partial charge in [-0.1, -0.05) is 0 Å². The summed E-state index contributed by atoms with van der Waals surface area (Å²) in [4.78, 5) is 4.18. The number of hydrogen-bond acceptors (Lipinski definition) is 2. The van der Waals surface area contributed by atoms with Gasteiger partial charge in [-0.15, -0.1) is 0 Å². The van der Waals surface area contributed by atoms with E-state index in [1.165, 1.54) is 11.1 Å². The number of nitrogens with zero attached hydrogens (tertiary/aromatic N) is 1. The van der Waals surface area contributed by atoms with Crippen molar-refractivity contribution in [2.45, 2.75) is 13.0 Å². The van der Waals surface area contributed by atoms with Crippen LogP contribution in [0.4, 0.5) is 0 Å². The molecule has 0 spiro atoms. The minimum absolute atomic E-state index is 0.931. The Morgan fingerprint density at radius 3 is 3.27 bits per heavy atom. The van der Waals surface area contributed by atoms with E-state index in [2.05, 4.69) is 32.3 Å². The standard InChI is InChI=1S/C8H9BrN2/c9-8-3-7-4-10-2-1-6(7)5-11-8/h3,5,10H,1-2,4H2. The van der Waals surface area contributed by atoms with Gasteiger partial charge in [-0.3, -0.25) is 0 Å². The van der Waals surface area contributed by atoms with Gasteiger partial charge in [0.25, 0.3) is 0 Å². The molecule has 0 saturated heterocycles. The molecule has 1 aliphatic heterocycles. The van der Waals surface area contributed by atoms with Gasteiger partial charge in [-0.2, -0.15) is 0 Å². The van der Waals surface area contributed by atoms with Crippen LogP contribution >= 0.6 is 15.9 Å². The number of pyridine rings is 1. The molecule has 0 atom stereocenters. The minimum Gasteiger partial charge on any atom is -0.312 e. The van der Waals surface area contributed by atoms with E-state index in [0.717, 1.165) is 24.1 Å². The van der Waals surface area contributed by atoms with Crippen molar-refractivity contribution in [1.29, 1.82) is 0 Å². The molecule has 0 bridgehead atoms. The third-order valence-electron chi connectivity index (χ3n) is 1.94. The zero-order chi connectivity index (χ0) is 7.68. The zero-order valence-electron chi connectivity index (χ0n) is 6.10. The molecule has 0 saturated carbocycles. The molecule has 0 aromatic carbocycles. The van der Waals surface area contributed by atoms with Crippen LogP contribution < -0.4 is 5.32 Å². The first-order valence-corrected chi connectivity index (χ1v) is 4.49. The van der Waals surface area contributed by atoms with Crippen LogP contribution in [0.3, 0.4) is 0 Å². The van der Waals surface area contributed by atoms with Gasteiger partial charge < -0.3 is 5.32 Å². The zero-order valence-corrected chi connectivity index (χ0v) is 7.69. The fourth-order valence-electron chi connectivity index (χ4n) is 1.33. The lowest BCUT2D eigenvalue weighted by atomic mass is 10.0. The summed E-state index contributed by atoms with van der Waals surface area (Å²) in [5.74, 6) is 0. The lowest BCUT2D eigenvalue weighted by Gasteiger charge is -2.15. The maximum atomic E-state index is 4.18. The summed E-state index contributed by atoms with van der Waals surface area (Å²) >= 11 is 3.35. The highest BCUT2D eigenvalue weighted by Crippen LogP contribution is 2.16. The first kappa shape index (κ1) is 7.25. The molecule has 0 radical (unpaired) electrons. The van der Waals surface area contributed by atoms with Crippen molar-refractivity contribution in [3.8, 4) is 0 Å². The summed E-state index contributed by atoms with van der Waals surface area (Å²) in [5.41, 5.74) is 2.75. The Bertz CT molecular complexity index is 273. The van der Waals surface area contributed by atoms with Crippen LogP contribution in [0, 0.1) is 0 Å². The fourth-order valence-corrected chi connectivity index (χ4v) is 1.71. The van der Waals surface area contributed by atoms with Gasteiger partial charge in [0, 0.05) is 12.7 Å². The maximum absolute atomic E-state index is 4.18. The molecule has 58 valence electrons. The smallest absolute Gasteiger partial charge is 0.106 e. The topological polar surface area (TPSA) is 24.9 Å². The van der Waals surface area contributed by atoms with Crippen molar-refractivity contribution in [3.63, 3.8) is 0 Å². The summed E-state index contributed by atoms with van der Waals surface area (Å²) in [6, 6.07) is 2.08.